The molecule has 0 saturated heterocycles. The first-order valence-corrected chi connectivity index (χ1v) is 7.13. The van der Waals surface area contributed by atoms with Crippen molar-refractivity contribution in [1.82, 2.24) is 10.3 Å². The van der Waals surface area contributed by atoms with Gasteiger partial charge < -0.3 is 10.4 Å². The van der Waals surface area contributed by atoms with Crippen molar-refractivity contribution in [3.63, 3.8) is 0 Å². The Hall–Kier alpha value is -1.72. The van der Waals surface area contributed by atoms with E-state index in [9.17, 15) is 9.90 Å². The van der Waals surface area contributed by atoms with E-state index in [1.54, 1.807) is 18.3 Å². The third-order valence-electron chi connectivity index (χ3n) is 3.45. The van der Waals surface area contributed by atoms with E-state index in [1.807, 2.05) is 24.3 Å². The van der Waals surface area contributed by atoms with Crippen LogP contribution in [0.2, 0.25) is 0 Å². The lowest BCUT2D eigenvalue weighted by Gasteiger charge is -2.17. The van der Waals surface area contributed by atoms with Gasteiger partial charge in [0.25, 0.3) is 5.91 Å². The molecule has 0 bridgehead atoms. The standard InChI is InChI=1S/C15H13BrN2O2/c16-10-5-6-12(17-8-10)15(20)18-14-11-4-2-1-3-9(11)7-13(14)19/h1-6,8,13-14,19H,7H2,(H,18,20). The van der Waals surface area contributed by atoms with Crippen molar-refractivity contribution in [3.8, 4) is 0 Å². The number of rotatable bonds is 2. The van der Waals surface area contributed by atoms with E-state index >= 15 is 0 Å². The normalized spacial score (nSPS) is 20.5. The van der Waals surface area contributed by atoms with Crippen molar-refractivity contribution in [2.24, 2.45) is 0 Å². The van der Waals surface area contributed by atoms with Crippen LogP contribution in [-0.4, -0.2) is 22.1 Å². The minimum absolute atomic E-state index is 0.279. The Morgan fingerprint density at radius 3 is 2.85 bits per heavy atom. The number of benzene rings is 1. The number of carbonyl (C=O) groups is 1. The average Bonchev–Trinajstić information content (AvgIpc) is 2.76. The molecule has 2 N–H and O–H groups in total. The fourth-order valence-electron chi connectivity index (χ4n) is 2.47. The highest BCUT2D eigenvalue weighted by Crippen LogP contribution is 2.31. The molecule has 5 heteroatoms. The molecule has 1 aromatic carbocycles. The molecule has 2 aromatic rings. The fourth-order valence-corrected chi connectivity index (χ4v) is 2.71. The van der Waals surface area contributed by atoms with E-state index in [4.69, 9.17) is 0 Å². The van der Waals surface area contributed by atoms with Gasteiger partial charge >= 0.3 is 0 Å². The van der Waals surface area contributed by atoms with Crippen molar-refractivity contribution in [3.05, 3.63) is 63.9 Å². The Morgan fingerprint density at radius 1 is 1.30 bits per heavy atom. The van der Waals surface area contributed by atoms with Gasteiger partial charge in [0.2, 0.25) is 0 Å². The maximum atomic E-state index is 12.2. The highest BCUT2D eigenvalue weighted by molar-refractivity contribution is 9.10. The molecule has 0 saturated carbocycles. The molecule has 1 aliphatic rings. The molecule has 0 fully saturated rings. The molecule has 2 unspecified atom stereocenters. The number of aliphatic hydroxyl groups is 1. The lowest BCUT2D eigenvalue weighted by molar-refractivity contribution is 0.0853. The molecule has 0 aliphatic heterocycles. The summed E-state index contributed by atoms with van der Waals surface area (Å²) in [5.41, 5.74) is 2.39. The number of aliphatic hydroxyl groups excluding tert-OH is 1. The van der Waals surface area contributed by atoms with Crippen molar-refractivity contribution in [1.29, 1.82) is 0 Å². The van der Waals surface area contributed by atoms with Crippen LogP contribution >= 0.6 is 15.9 Å². The summed E-state index contributed by atoms with van der Waals surface area (Å²) in [5.74, 6) is -0.279. The van der Waals surface area contributed by atoms with Crippen LogP contribution in [-0.2, 0) is 6.42 Å². The second-order valence-electron chi connectivity index (χ2n) is 4.78. The third-order valence-corrected chi connectivity index (χ3v) is 3.92. The van der Waals surface area contributed by atoms with Gasteiger partial charge in [-0.25, -0.2) is 4.98 Å². The van der Waals surface area contributed by atoms with Crippen LogP contribution in [0.4, 0.5) is 0 Å². The van der Waals surface area contributed by atoms with Crippen LogP contribution in [0.25, 0.3) is 0 Å². The molecule has 2 atom stereocenters. The second kappa shape index (κ2) is 5.34. The summed E-state index contributed by atoms with van der Waals surface area (Å²) in [6, 6.07) is 10.8. The zero-order valence-corrected chi connectivity index (χ0v) is 12.2. The highest BCUT2D eigenvalue weighted by Gasteiger charge is 2.32. The van der Waals surface area contributed by atoms with Gasteiger partial charge in [0.15, 0.2) is 0 Å². The monoisotopic (exact) mass is 332 g/mol. The van der Waals surface area contributed by atoms with Crippen LogP contribution in [0.5, 0.6) is 0 Å². The molecule has 0 radical (unpaired) electrons. The van der Waals surface area contributed by atoms with Crippen LogP contribution < -0.4 is 5.32 Å². The maximum Gasteiger partial charge on any atom is 0.270 e. The summed E-state index contributed by atoms with van der Waals surface area (Å²) in [5, 5.41) is 13.0. The maximum absolute atomic E-state index is 12.2. The molecular formula is C15H13BrN2O2. The van der Waals surface area contributed by atoms with E-state index < -0.39 is 6.10 Å². The molecule has 3 rings (SSSR count). The van der Waals surface area contributed by atoms with Gasteiger partial charge in [0, 0.05) is 17.1 Å². The van der Waals surface area contributed by atoms with E-state index in [0.717, 1.165) is 15.6 Å². The lowest BCUT2D eigenvalue weighted by Crippen LogP contribution is -2.34. The zero-order chi connectivity index (χ0) is 14.1. The van der Waals surface area contributed by atoms with Crippen molar-refractivity contribution in [2.45, 2.75) is 18.6 Å². The predicted molar refractivity (Wildman–Crippen MR) is 78.3 cm³/mol. The summed E-state index contributed by atoms with van der Waals surface area (Å²) < 4.78 is 0.820. The zero-order valence-electron chi connectivity index (χ0n) is 10.6. The SMILES string of the molecule is O=C(NC1c2ccccc2CC1O)c1ccc(Br)cn1. The topological polar surface area (TPSA) is 62.2 Å². The molecule has 20 heavy (non-hydrogen) atoms. The number of amides is 1. The smallest absolute Gasteiger partial charge is 0.270 e. The first-order chi connectivity index (χ1) is 9.65. The van der Waals surface area contributed by atoms with Gasteiger partial charge in [0.1, 0.15) is 5.69 Å². The Morgan fingerprint density at radius 2 is 2.10 bits per heavy atom. The van der Waals surface area contributed by atoms with Crippen LogP contribution in [0.1, 0.15) is 27.7 Å². The van der Waals surface area contributed by atoms with Crippen molar-refractivity contribution in [2.75, 3.05) is 0 Å². The number of nitrogens with one attached hydrogen (secondary N) is 1. The number of aromatic nitrogens is 1. The summed E-state index contributed by atoms with van der Waals surface area (Å²) in [6.45, 7) is 0. The molecule has 1 aliphatic carbocycles. The van der Waals surface area contributed by atoms with Gasteiger partial charge in [0.05, 0.1) is 12.1 Å². The number of pyridine rings is 1. The second-order valence-corrected chi connectivity index (χ2v) is 5.70. The minimum atomic E-state index is -0.591. The van der Waals surface area contributed by atoms with E-state index in [0.29, 0.717) is 12.1 Å². The van der Waals surface area contributed by atoms with E-state index in [2.05, 4.69) is 26.2 Å². The number of nitrogens with zero attached hydrogens (tertiary/aromatic N) is 1. The predicted octanol–water partition coefficient (Wildman–Crippen LogP) is 2.23. The molecule has 102 valence electrons. The van der Waals surface area contributed by atoms with Gasteiger partial charge in [-0.2, -0.15) is 0 Å². The quantitative estimate of drug-likeness (QED) is 0.886. The van der Waals surface area contributed by atoms with Crippen LogP contribution in [0.3, 0.4) is 0 Å². The first kappa shape index (κ1) is 13.3. The Balaban J connectivity index is 1.81. The summed E-state index contributed by atoms with van der Waals surface area (Å²) in [4.78, 5) is 16.2. The molecule has 1 heterocycles. The number of hydrogen-bond donors (Lipinski definition) is 2. The van der Waals surface area contributed by atoms with E-state index in [-0.39, 0.29) is 11.9 Å². The fraction of sp³-hybridized carbons (Fsp3) is 0.200. The highest BCUT2D eigenvalue weighted by atomic mass is 79.9. The van der Waals surface area contributed by atoms with Gasteiger partial charge in [-0.1, -0.05) is 24.3 Å². The largest absolute Gasteiger partial charge is 0.390 e. The minimum Gasteiger partial charge on any atom is -0.390 e. The molecule has 4 nitrogen and oxygen atoms in total. The number of hydrogen-bond acceptors (Lipinski definition) is 3. The van der Waals surface area contributed by atoms with Gasteiger partial charge in [-0.05, 0) is 39.2 Å². The summed E-state index contributed by atoms with van der Waals surface area (Å²) in [7, 11) is 0. The van der Waals surface area contributed by atoms with Gasteiger partial charge in [-0.15, -0.1) is 0 Å². The van der Waals surface area contributed by atoms with Gasteiger partial charge in [-0.3, -0.25) is 4.79 Å². The third kappa shape index (κ3) is 2.46. The molecule has 1 amide bonds. The summed E-state index contributed by atoms with van der Waals surface area (Å²) in [6.07, 6.45) is 1.55. The van der Waals surface area contributed by atoms with Crippen molar-refractivity contribution < 1.29 is 9.90 Å². The average molecular weight is 333 g/mol. The van der Waals surface area contributed by atoms with E-state index in [1.165, 1.54) is 0 Å². The Bertz CT molecular complexity index is 643. The summed E-state index contributed by atoms with van der Waals surface area (Å²) >= 11 is 3.28. The van der Waals surface area contributed by atoms with Crippen LogP contribution in [0.15, 0.2) is 47.1 Å². The number of carbonyl (C=O) groups excluding carboxylic acids is 1. The van der Waals surface area contributed by atoms with Crippen LogP contribution in [0, 0.1) is 0 Å². The number of halogens is 1. The number of fused-ring (bicyclic) bond motifs is 1. The van der Waals surface area contributed by atoms with Crippen molar-refractivity contribution >= 4 is 21.8 Å². The Labute approximate surface area is 125 Å². The molecule has 0 spiro atoms. The first-order valence-electron chi connectivity index (χ1n) is 6.33. The molecule has 1 aromatic heterocycles. The Kier molecular flexibility index (Phi) is 3.54. The lowest BCUT2D eigenvalue weighted by atomic mass is 10.1. The molecular weight excluding hydrogens is 320 g/mol.